The van der Waals surface area contributed by atoms with Gasteiger partial charge in [-0.1, -0.05) is 0 Å². The fourth-order valence-corrected chi connectivity index (χ4v) is 1.03. The molecule has 10 heteroatoms. The number of hydrogen-bond acceptors (Lipinski definition) is 3. The Balaban J connectivity index is 2.95. The summed E-state index contributed by atoms with van der Waals surface area (Å²) in [6, 6.07) is 1.50. The molecule has 0 radical (unpaired) electrons. The Morgan fingerprint density at radius 2 is 1.63 bits per heavy atom. The molecule has 4 nitrogen and oxygen atoms in total. The van der Waals surface area contributed by atoms with Gasteiger partial charge in [-0.2, -0.15) is 26.3 Å². The third-order valence-corrected chi connectivity index (χ3v) is 1.84. The third kappa shape index (κ3) is 4.00. The van der Waals surface area contributed by atoms with Gasteiger partial charge < -0.3 is 9.72 Å². The summed E-state index contributed by atoms with van der Waals surface area (Å²) in [5, 5.41) is 0. The van der Waals surface area contributed by atoms with Crippen molar-refractivity contribution < 1.29 is 35.9 Å². The zero-order chi connectivity index (χ0) is 14.8. The number of carbonyl (C=O) groups is 1. The molecular weight excluding hydrogens is 284 g/mol. The quantitative estimate of drug-likeness (QED) is 0.669. The van der Waals surface area contributed by atoms with Gasteiger partial charge in [0.25, 0.3) is 6.10 Å². The first-order valence-electron chi connectivity index (χ1n) is 4.55. The molecule has 1 heterocycles. The van der Waals surface area contributed by atoms with Crippen LogP contribution in [0.3, 0.4) is 0 Å². The second-order valence-electron chi connectivity index (χ2n) is 3.31. The van der Waals surface area contributed by atoms with Gasteiger partial charge in [-0.25, -0.2) is 4.79 Å². The lowest BCUT2D eigenvalue weighted by atomic mass is 10.3. The molecule has 19 heavy (non-hydrogen) atoms. The molecule has 0 amide bonds. The summed E-state index contributed by atoms with van der Waals surface area (Å²) >= 11 is 0. The van der Waals surface area contributed by atoms with Crippen LogP contribution >= 0.6 is 0 Å². The Morgan fingerprint density at radius 3 is 2.00 bits per heavy atom. The average Bonchev–Trinajstić information content (AvgIpc) is 2.23. The molecule has 0 saturated heterocycles. The first-order valence-corrected chi connectivity index (χ1v) is 4.55. The normalized spacial score (nSPS) is 12.6. The van der Waals surface area contributed by atoms with Crippen LogP contribution in [0.15, 0.2) is 23.1 Å². The monoisotopic (exact) mass is 289 g/mol. The summed E-state index contributed by atoms with van der Waals surface area (Å²) in [7, 11) is 0. The topological polar surface area (TPSA) is 59.2 Å². The summed E-state index contributed by atoms with van der Waals surface area (Å²) in [6.07, 6.45) is -15.1. The zero-order valence-corrected chi connectivity index (χ0v) is 8.80. The molecule has 106 valence electrons. The number of nitrogens with one attached hydrogen (secondary N) is 1. The van der Waals surface area contributed by atoms with Crippen LogP contribution in [0, 0.1) is 0 Å². The molecule has 0 saturated carbocycles. The molecule has 0 spiro atoms. The third-order valence-electron chi connectivity index (χ3n) is 1.84. The molecule has 1 aromatic rings. The number of aromatic nitrogens is 1. The summed E-state index contributed by atoms with van der Waals surface area (Å²) in [5.41, 5.74) is -1.32. The molecule has 0 atom stereocenters. The Bertz CT molecular complexity index is 483. The number of rotatable bonds is 2. The van der Waals surface area contributed by atoms with Gasteiger partial charge in [-0.05, 0) is 6.07 Å². The highest BCUT2D eigenvalue weighted by Gasteiger charge is 2.59. The van der Waals surface area contributed by atoms with Gasteiger partial charge in [0.2, 0.25) is 5.56 Å². The van der Waals surface area contributed by atoms with Crippen molar-refractivity contribution in [3.8, 4) is 0 Å². The molecule has 0 aromatic carbocycles. The lowest BCUT2D eigenvalue weighted by molar-refractivity contribution is -0.307. The van der Waals surface area contributed by atoms with E-state index in [-0.39, 0.29) is 0 Å². The Hall–Kier alpha value is -2.00. The summed E-state index contributed by atoms with van der Waals surface area (Å²) in [6.45, 7) is 0. The largest absolute Gasteiger partial charge is 0.439 e. The minimum absolute atomic E-state index is 0.641. The summed E-state index contributed by atoms with van der Waals surface area (Å²) in [4.78, 5) is 23.6. The molecule has 0 fully saturated rings. The number of ether oxygens (including phenoxy) is 1. The van der Waals surface area contributed by atoms with Crippen LogP contribution in [0.2, 0.25) is 0 Å². The standard InChI is InChI=1S/C9H5F6NO3/c10-8(11,12)7(9(13,14)15)19-6(18)4-1-2-5(17)16-3-4/h1-3,7H,(H,16,17). The summed E-state index contributed by atoms with van der Waals surface area (Å²) < 4.78 is 76.0. The van der Waals surface area contributed by atoms with Crippen LogP contribution < -0.4 is 5.56 Å². The van der Waals surface area contributed by atoms with Crippen molar-refractivity contribution in [2.75, 3.05) is 0 Å². The van der Waals surface area contributed by atoms with Crippen molar-refractivity contribution in [2.45, 2.75) is 18.5 Å². The van der Waals surface area contributed by atoms with Gasteiger partial charge in [-0.3, -0.25) is 4.79 Å². The maximum absolute atomic E-state index is 12.1. The van der Waals surface area contributed by atoms with Crippen LogP contribution in [0.25, 0.3) is 0 Å². The van der Waals surface area contributed by atoms with Crippen LogP contribution in [-0.4, -0.2) is 29.4 Å². The highest BCUT2D eigenvalue weighted by Crippen LogP contribution is 2.36. The Morgan fingerprint density at radius 1 is 1.11 bits per heavy atom. The van der Waals surface area contributed by atoms with Gasteiger partial charge in [0.1, 0.15) is 0 Å². The average molecular weight is 289 g/mol. The molecule has 0 aliphatic carbocycles. The van der Waals surface area contributed by atoms with E-state index >= 15 is 0 Å². The fraction of sp³-hybridized carbons (Fsp3) is 0.333. The molecule has 0 bridgehead atoms. The molecule has 0 unspecified atom stereocenters. The van der Waals surface area contributed by atoms with Gasteiger partial charge in [0.05, 0.1) is 5.56 Å². The maximum Gasteiger partial charge on any atom is 0.434 e. The van der Waals surface area contributed by atoms with Crippen molar-refractivity contribution in [1.29, 1.82) is 0 Å². The maximum atomic E-state index is 12.1. The first-order chi connectivity index (χ1) is 8.51. The highest BCUT2D eigenvalue weighted by molar-refractivity contribution is 5.89. The van der Waals surface area contributed by atoms with Gasteiger partial charge in [0, 0.05) is 12.3 Å². The number of aromatic amines is 1. The van der Waals surface area contributed by atoms with Crippen LogP contribution in [0.1, 0.15) is 10.4 Å². The van der Waals surface area contributed by atoms with E-state index in [2.05, 4.69) is 4.74 Å². The van der Waals surface area contributed by atoms with E-state index < -0.39 is 35.5 Å². The first kappa shape index (κ1) is 15.1. The lowest BCUT2D eigenvalue weighted by Gasteiger charge is -2.22. The molecule has 0 aliphatic heterocycles. The number of pyridine rings is 1. The highest BCUT2D eigenvalue weighted by atomic mass is 19.4. The van der Waals surface area contributed by atoms with E-state index in [4.69, 9.17) is 0 Å². The number of halogens is 6. The van der Waals surface area contributed by atoms with Crippen LogP contribution in [-0.2, 0) is 4.74 Å². The SMILES string of the molecule is O=C(OC(C(F)(F)F)C(F)(F)F)c1ccc(=O)[nH]c1. The van der Waals surface area contributed by atoms with Crippen molar-refractivity contribution in [2.24, 2.45) is 0 Å². The van der Waals surface area contributed by atoms with Crippen LogP contribution in [0.4, 0.5) is 26.3 Å². The number of esters is 1. The molecule has 1 rings (SSSR count). The van der Waals surface area contributed by atoms with Crippen molar-refractivity contribution >= 4 is 5.97 Å². The number of H-pyrrole nitrogens is 1. The van der Waals surface area contributed by atoms with Gasteiger partial charge in [-0.15, -0.1) is 0 Å². The minimum atomic E-state index is -5.78. The Labute approximate surface area is 101 Å². The van der Waals surface area contributed by atoms with Crippen molar-refractivity contribution in [3.05, 3.63) is 34.2 Å². The number of hydrogen-bond donors (Lipinski definition) is 1. The predicted octanol–water partition coefficient (Wildman–Crippen LogP) is 2.02. The predicted molar refractivity (Wildman–Crippen MR) is 48.4 cm³/mol. The van der Waals surface area contributed by atoms with E-state index in [0.717, 1.165) is 12.1 Å². The van der Waals surface area contributed by atoms with E-state index in [1.54, 1.807) is 0 Å². The lowest BCUT2D eigenvalue weighted by Crippen LogP contribution is -2.45. The van der Waals surface area contributed by atoms with Crippen molar-refractivity contribution in [1.82, 2.24) is 4.98 Å². The van der Waals surface area contributed by atoms with Crippen LogP contribution in [0.5, 0.6) is 0 Å². The Kier molecular flexibility index (Phi) is 3.91. The summed E-state index contributed by atoms with van der Waals surface area (Å²) in [5.74, 6) is -1.85. The van der Waals surface area contributed by atoms with E-state index in [1.165, 1.54) is 0 Å². The number of alkyl halides is 6. The minimum Gasteiger partial charge on any atom is -0.439 e. The van der Waals surface area contributed by atoms with E-state index in [0.29, 0.717) is 6.20 Å². The molecule has 1 N–H and O–H groups in total. The molecular formula is C9H5F6NO3. The van der Waals surface area contributed by atoms with E-state index in [1.807, 2.05) is 4.98 Å². The second-order valence-corrected chi connectivity index (χ2v) is 3.31. The number of carbonyl (C=O) groups excluding carboxylic acids is 1. The second kappa shape index (κ2) is 4.94. The van der Waals surface area contributed by atoms with E-state index in [9.17, 15) is 35.9 Å². The molecule has 1 aromatic heterocycles. The van der Waals surface area contributed by atoms with Crippen molar-refractivity contribution in [3.63, 3.8) is 0 Å². The fourth-order valence-electron chi connectivity index (χ4n) is 1.03. The zero-order valence-electron chi connectivity index (χ0n) is 8.80. The smallest absolute Gasteiger partial charge is 0.434 e. The molecule has 0 aliphatic rings. The van der Waals surface area contributed by atoms with Gasteiger partial charge >= 0.3 is 18.3 Å². The van der Waals surface area contributed by atoms with Gasteiger partial charge in [0.15, 0.2) is 0 Å².